The smallest absolute Gasteiger partial charge is 0.183 e. The number of nitrogens with zero attached hydrogens (tertiary/aromatic N) is 1. The van der Waals surface area contributed by atoms with Gasteiger partial charge in [-0.3, -0.25) is 0 Å². The van der Waals surface area contributed by atoms with Crippen LogP contribution in [0.1, 0.15) is 18.2 Å². The Balaban J connectivity index is 1.94. The summed E-state index contributed by atoms with van der Waals surface area (Å²) in [7, 11) is 0. The van der Waals surface area contributed by atoms with Crippen molar-refractivity contribution in [3.05, 3.63) is 46.7 Å². The molecular weight excluding hydrogens is 249 g/mol. The van der Waals surface area contributed by atoms with Gasteiger partial charge in [-0.15, -0.1) is 11.3 Å². The van der Waals surface area contributed by atoms with Gasteiger partial charge in [0.2, 0.25) is 0 Å². The Morgan fingerprint density at radius 3 is 2.94 bits per heavy atom. The molecule has 0 saturated carbocycles. The normalized spacial score (nSPS) is 12.4. The van der Waals surface area contributed by atoms with Crippen molar-refractivity contribution in [2.75, 3.05) is 5.32 Å². The molecule has 96 valence electrons. The summed E-state index contributed by atoms with van der Waals surface area (Å²) in [5, 5.41) is 5.90. The molecule has 0 aliphatic carbocycles. The van der Waals surface area contributed by atoms with Crippen LogP contribution >= 0.6 is 11.3 Å². The topological polar surface area (TPSA) is 50.9 Å². The maximum atomic E-state index is 13.4. The average molecular weight is 265 g/mol. The predicted octanol–water partition coefficient (Wildman–Crippen LogP) is 2.78. The van der Waals surface area contributed by atoms with Gasteiger partial charge < -0.3 is 11.1 Å². The second-order valence-electron chi connectivity index (χ2n) is 4.27. The lowest BCUT2D eigenvalue weighted by molar-refractivity contribution is 0.613. The summed E-state index contributed by atoms with van der Waals surface area (Å²) < 4.78 is 13.4. The second kappa shape index (κ2) is 5.93. The van der Waals surface area contributed by atoms with Crippen molar-refractivity contribution in [2.24, 2.45) is 5.73 Å². The van der Waals surface area contributed by atoms with Crippen molar-refractivity contribution >= 4 is 16.5 Å². The number of aromatic nitrogens is 1. The van der Waals surface area contributed by atoms with Crippen LogP contribution in [0.15, 0.2) is 29.6 Å². The minimum atomic E-state index is -0.197. The monoisotopic (exact) mass is 265 g/mol. The van der Waals surface area contributed by atoms with Crippen LogP contribution in [0.2, 0.25) is 0 Å². The highest BCUT2D eigenvalue weighted by atomic mass is 32.1. The second-order valence-corrected chi connectivity index (χ2v) is 5.13. The molecule has 1 unspecified atom stereocenters. The van der Waals surface area contributed by atoms with E-state index in [1.807, 2.05) is 18.4 Å². The molecule has 3 nitrogen and oxygen atoms in total. The van der Waals surface area contributed by atoms with Gasteiger partial charge in [-0.1, -0.05) is 18.2 Å². The van der Waals surface area contributed by atoms with Crippen LogP contribution in [-0.4, -0.2) is 11.0 Å². The molecule has 3 N–H and O–H groups in total. The van der Waals surface area contributed by atoms with Crippen LogP contribution in [0.4, 0.5) is 9.52 Å². The lowest BCUT2D eigenvalue weighted by atomic mass is 10.2. The molecule has 2 rings (SSSR count). The van der Waals surface area contributed by atoms with Crippen LogP contribution in [0, 0.1) is 5.82 Å². The van der Waals surface area contributed by atoms with E-state index in [1.54, 1.807) is 12.1 Å². The minimum absolute atomic E-state index is 0.103. The molecule has 1 heterocycles. The zero-order valence-electron chi connectivity index (χ0n) is 10.2. The van der Waals surface area contributed by atoms with Crippen LogP contribution < -0.4 is 11.1 Å². The summed E-state index contributed by atoms with van der Waals surface area (Å²) >= 11 is 1.52. The number of halogens is 1. The van der Waals surface area contributed by atoms with E-state index in [-0.39, 0.29) is 11.9 Å². The molecule has 2 aromatic rings. The quantitative estimate of drug-likeness (QED) is 0.874. The van der Waals surface area contributed by atoms with Gasteiger partial charge in [0.25, 0.3) is 0 Å². The van der Waals surface area contributed by atoms with Gasteiger partial charge >= 0.3 is 0 Å². The number of hydrogen-bond acceptors (Lipinski definition) is 4. The average Bonchev–Trinajstić information content (AvgIpc) is 2.75. The predicted molar refractivity (Wildman–Crippen MR) is 73.2 cm³/mol. The van der Waals surface area contributed by atoms with Gasteiger partial charge in [-0.25, -0.2) is 9.37 Å². The molecule has 18 heavy (non-hydrogen) atoms. The lowest BCUT2D eigenvalue weighted by Gasteiger charge is -2.04. The van der Waals surface area contributed by atoms with Crippen LogP contribution in [0.25, 0.3) is 0 Å². The fraction of sp³-hybridized carbons (Fsp3) is 0.308. The molecule has 1 atom stereocenters. The number of thiazole rings is 1. The van der Waals surface area contributed by atoms with E-state index < -0.39 is 0 Å². The van der Waals surface area contributed by atoms with Crippen molar-refractivity contribution in [3.8, 4) is 0 Å². The fourth-order valence-corrected chi connectivity index (χ4v) is 2.35. The van der Waals surface area contributed by atoms with E-state index in [2.05, 4.69) is 10.3 Å². The summed E-state index contributed by atoms with van der Waals surface area (Å²) in [6, 6.07) is 6.83. The third kappa shape index (κ3) is 3.51. The van der Waals surface area contributed by atoms with Crippen molar-refractivity contribution < 1.29 is 4.39 Å². The molecule has 1 aromatic heterocycles. The Morgan fingerprint density at radius 1 is 1.44 bits per heavy atom. The Hall–Kier alpha value is -1.46. The lowest BCUT2D eigenvalue weighted by Crippen LogP contribution is -2.17. The van der Waals surface area contributed by atoms with Crippen molar-refractivity contribution in [3.63, 3.8) is 0 Å². The van der Waals surface area contributed by atoms with E-state index in [1.165, 1.54) is 17.4 Å². The fourth-order valence-electron chi connectivity index (χ4n) is 1.62. The molecule has 0 aliphatic heterocycles. The van der Waals surface area contributed by atoms with Crippen LogP contribution in [0.5, 0.6) is 0 Å². The maximum Gasteiger partial charge on any atom is 0.183 e. The minimum Gasteiger partial charge on any atom is -0.357 e. The molecule has 0 saturated heterocycles. The molecule has 0 aliphatic rings. The Morgan fingerprint density at radius 2 is 2.22 bits per heavy atom. The maximum absolute atomic E-state index is 13.4. The van der Waals surface area contributed by atoms with Gasteiger partial charge in [0.05, 0.1) is 5.69 Å². The number of nitrogens with one attached hydrogen (secondary N) is 1. The van der Waals surface area contributed by atoms with E-state index in [4.69, 9.17) is 5.73 Å². The molecule has 0 spiro atoms. The largest absolute Gasteiger partial charge is 0.357 e. The summed E-state index contributed by atoms with van der Waals surface area (Å²) in [4.78, 5) is 4.40. The highest BCUT2D eigenvalue weighted by molar-refractivity contribution is 7.13. The van der Waals surface area contributed by atoms with E-state index in [0.717, 1.165) is 17.2 Å². The molecule has 5 heteroatoms. The number of benzene rings is 1. The number of hydrogen-bond donors (Lipinski definition) is 2. The molecule has 0 bridgehead atoms. The zero-order chi connectivity index (χ0) is 13.0. The van der Waals surface area contributed by atoms with Gasteiger partial charge in [0.1, 0.15) is 5.82 Å². The van der Waals surface area contributed by atoms with E-state index in [0.29, 0.717) is 12.1 Å². The van der Waals surface area contributed by atoms with Gasteiger partial charge in [-0.05, 0) is 13.0 Å². The van der Waals surface area contributed by atoms with Gasteiger partial charge in [-0.2, -0.15) is 0 Å². The van der Waals surface area contributed by atoms with Crippen molar-refractivity contribution in [1.82, 2.24) is 4.98 Å². The van der Waals surface area contributed by atoms with Gasteiger partial charge in [0.15, 0.2) is 5.13 Å². The van der Waals surface area contributed by atoms with Crippen LogP contribution in [0.3, 0.4) is 0 Å². The first-order valence-electron chi connectivity index (χ1n) is 5.82. The summed E-state index contributed by atoms with van der Waals surface area (Å²) in [5.41, 5.74) is 7.33. The van der Waals surface area contributed by atoms with E-state index >= 15 is 0 Å². The Labute approximate surface area is 110 Å². The molecule has 0 fully saturated rings. The number of rotatable bonds is 5. The molecular formula is C13H16FN3S. The Bertz CT molecular complexity index is 510. The third-order valence-electron chi connectivity index (χ3n) is 2.47. The standard InChI is InChI=1S/C13H16FN3S/c1-9(15)6-11-8-18-13(17-11)16-7-10-4-2-3-5-12(10)14/h2-5,8-9H,6-7,15H2,1H3,(H,16,17). The SMILES string of the molecule is CC(N)Cc1csc(NCc2ccccc2F)n1. The van der Waals surface area contributed by atoms with E-state index in [9.17, 15) is 4.39 Å². The summed E-state index contributed by atoms with van der Waals surface area (Å²) in [6.07, 6.45) is 0.762. The highest BCUT2D eigenvalue weighted by Gasteiger charge is 2.05. The molecule has 0 radical (unpaired) electrons. The Kier molecular flexibility index (Phi) is 4.28. The first-order chi connectivity index (χ1) is 8.65. The van der Waals surface area contributed by atoms with Crippen LogP contribution in [-0.2, 0) is 13.0 Å². The first kappa shape index (κ1) is 13.0. The summed E-state index contributed by atoms with van der Waals surface area (Å²) in [5.74, 6) is -0.197. The first-order valence-corrected chi connectivity index (χ1v) is 6.70. The summed E-state index contributed by atoms with van der Waals surface area (Å²) in [6.45, 7) is 2.39. The van der Waals surface area contributed by atoms with Crippen molar-refractivity contribution in [1.29, 1.82) is 0 Å². The number of nitrogens with two attached hydrogens (primary N) is 1. The molecule has 0 amide bonds. The third-order valence-corrected chi connectivity index (χ3v) is 3.32. The van der Waals surface area contributed by atoms with Gasteiger partial charge in [0, 0.05) is 30.0 Å². The highest BCUT2D eigenvalue weighted by Crippen LogP contribution is 2.18. The van der Waals surface area contributed by atoms with Crippen molar-refractivity contribution in [2.45, 2.75) is 25.9 Å². The zero-order valence-corrected chi connectivity index (χ0v) is 11.0. The number of anilines is 1. The molecule has 1 aromatic carbocycles.